The zero-order chi connectivity index (χ0) is 10.0. The molecule has 1 aliphatic heterocycles. The number of hydrogen-bond donors (Lipinski definition) is 0. The van der Waals surface area contributed by atoms with Gasteiger partial charge in [-0.15, -0.1) is 0 Å². The minimum atomic E-state index is -2.16. The maximum atomic E-state index is 13.1. The standard InChI is InChI=1S/C8H15F3OSi/c1-3-4-5-6(9)7(10)8(11)13(2)12-5/h5-8,13H,3-4H2,1-2H3. The first kappa shape index (κ1) is 11.0. The van der Waals surface area contributed by atoms with Crippen LogP contribution in [0.15, 0.2) is 0 Å². The molecule has 5 atom stereocenters. The van der Waals surface area contributed by atoms with E-state index in [9.17, 15) is 13.2 Å². The molecule has 0 radical (unpaired) electrons. The van der Waals surface area contributed by atoms with Crippen molar-refractivity contribution in [3.63, 3.8) is 0 Å². The van der Waals surface area contributed by atoms with Gasteiger partial charge in [-0.1, -0.05) is 13.3 Å². The van der Waals surface area contributed by atoms with E-state index < -0.39 is 33.3 Å². The van der Waals surface area contributed by atoms with Gasteiger partial charge in [0, 0.05) is 0 Å². The number of halogens is 3. The molecule has 0 bridgehead atoms. The van der Waals surface area contributed by atoms with Crippen LogP contribution in [0.3, 0.4) is 0 Å². The van der Waals surface area contributed by atoms with E-state index in [1.54, 1.807) is 6.55 Å². The highest BCUT2D eigenvalue weighted by Crippen LogP contribution is 2.28. The van der Waals surface area contributed by atoms with Crippen molar-refractivity contribution in [3.05, 3.63) is 0 Å². The van der Waals surface area contributed by atoms with Crippen molar-refractivity contribution in [1.82, 2.24) is 0 Å². The van der Waals surface area contributed by atoms with Crippen LogP contribution in [-0.4, -0.2) is 33.3 Å². The zero-order valence-corrected chi connectivity index (χ0v) is 9.00. The Morgan fingerprint density at radius 2 is 1.85 bits per heavy atom. The topological polar surface area (TPSA) is 9.23 Å². The number of rotatable bonds is 2. The van der Waals surface area contributed by atoms with Crippen molar-refractivity contribution < 1.29 is 17.6 Å². The van der Waals surface area contributed by atoms with Crippen molar-refractivity contribution in [3.8, 4) is 0 Å². The quantitative estimate of drug-likeness (QED) is 0.637. The molecule has 0 aliphatic carbocycles. The van der Waals surface area contributed by atoms with Crippen molar-refractivity contribution in [1.29, 1.82) is 0 Å². The summed E-state index contributed by atoms with van der Waals surface area (Å²) in [6.45, 7) is 3.45. The molecule has 5 heteroatoms. The van der Waals surface area contributed by atoms with E-state index in [-0.39, 0.29) is 0 Å². The largest absolute Gasteiger partial charge is 0.411 e. The Kier molecular flexibility index (Phi) is 3.79. The highest BCUT2D eigenvalue weighted by Gasteiger charge is 2.45. The van der Waals surface area contributed by atoms with Gasteiger partial charge in [-0.3, -0.25) is 0 Å². The van der Waals surface area contributed by atoms with Crippen LogP contribution in [0.1, 0.15) is 19.8 Å². The summed E-state index contributed by atoms with van der Waals surface area (Å²) < 4.78 is 44.3. The van der Waals surface area contributed by atoms with Crippen LogP contribution >= 0.6 is 0 Å². The Bertz CT molecular complexity index is 169. The molecule has 1 fully saturated rings. The highest BCUT2D eigenvalue weighted by atomic mass is 28.3. The summed E-state index contributed by atoms with van der Waals surface area (Å²) in [6, 6.07) is 0. The molecule has 78 valence electrons. The molecule has 1 saturated heterocycles. The lowest BCUT2D eigenvalue weighted by Gasteiger charge is -2.35. The van der Waals surface area contributed by atoms with Gasteiger partial charge in [0.25, 0.3) is 0 Å². The van der Waals surface area contributed by atoms with Crippen LogP contribution in [0.25, 0.3) is 0 Å². The zero-order valence-electron chi connectivity index (χ0n) is 7.84. The van der Waals surface area contributed by atoms with E-state index in [0.29, 0.717) is 6.42 Å². The van der Waals surface area contributed by atoms with Gasteiger partial charge in [0.15, 0.2) is 12.3 Å². The maximum Gasteiger partial charge on any atom is 0.213 e. The highest BCUT2D eigenvalue weighted by molar-refractivity contribution is 6.52. The summed E-state index contributed by atoms with van der Waals surface area (Å²) in [4.78, 5) is 0. The summed E-state index contributed by atoms with van der Waals surface area (Å²) in [5, 5.41) is 0. The monoisotopic (exact) mass is 212 g/mol. The fraction of sp³-hybridized carbons (Fsp3) is 1.00. The Balaban J connectivity index is 2.59. The van der Waals surface area contributed by atoms with Crippen molar-refractivity contribution >= 4 is 9.04 Å². The van der Waals surface area contributed by atoms with Crippen LogP contribution in [0.2, 0.25) is 6.55 Å². The van der Waals surface area contributed by atoms with Crippen LogP contribution in [0.5, 0.6) is 0 Å². The first-order valence-corrected chi connectivity index (χ1v) is 6.94. The molecular weight excluding hydrogens is 197 g/mol. The smallest absolute Gasteiger partial charge is 0.213 e. The van der Waals surface area contributed by atoms with E-state index in [2.05, 4.69) is 0 Å². The molecule has 0 aromatic carbocycles. The van der Waals surface area contributed by atoms with E-state index >= 15 is 0 Å². The van der Waals surface area contributed by atoms with Crippen LogP contribution in [-0.2, 0) is 4.43 Å². The van der Waals surface area contributed by atoms with E-state index in [4.69, 9.17) is 4.43 Å². The fourth-order valence-electron chi connectivity index (χ4n) is 1.58. The molecule has 1 nitrogen and oxygen atoms in total. The molecule has 1 aliphatic rings. The average molecular weight is 212 g/mol. The maximum absolute atomic E-state index is 13.1. The second-order valence-corrected chi connectivity index (χ2v) is 5.82. The van der Waals surface area contributed by atoms with Gasteiger partial charge in [0.05, 0.1) is 6.10 Å². The third-order valence-electron chi connectivity index (χ3n) is 2.37. The summed E-state index contributed by atoms with van der Waals surface area (Å²) in [7, 11) is -2.16. The second-order valence-electron chi connectivity index (χ2n) is 3.50. The second kappa shape index (κ2) is 4.46. The Labute approximate surface area is 78.0 Å². The molecule has 0 aromatic rings. The molecular formula is C8H15F3OSi. The third kappa shape index (κ3) is 2.25. The molecule has 1 rings (SSSR count). The van der Waals surface area contributed by atoms with Crippen LogP contribution in [0.4, 0.5) is 13.2 Å². The van der Waals surface area contributed by atoms with Crippen molar-refractivity contribution in [2.75, 3.05) is 0 Å². The van der Waals surface area contributed by atoms with E-state index in [0.717, 1.165) is 6.42 Å². The predicted octanol–water partition coefficient (Wildman–Crippen LogP) is 2.09. The Morgan fingerprint density at radius 3 is 2.38 bits per heavy atom. The van der Waals surface area contributed by atoms with E-state index in [1.165, 1.54) is 0 Å². The van der Waals surface area contributed by atoms with Gasteiger partial charge in [-0.05, 0) is 13.0 Å². The van der Waals surface area contributed by atoms with E-state index in [1.807, 2.05) is 6.92 Å². The first-order valence-electron chi connectivity index (χ1n) is 4.65. The molecule has 0 aromatic heterocycles. The summed E-state index contributed by atoms with van der Waals surface area (Å²) >= 11 is 0. The summed E-state index contributed by atoms with van der Waals surface area (Å²) in [5.74, 6) is -1.69. The normalized spacial score (nSPS) is 46.4. The van der Waals surface area contributed by atoms with Crippen LogP contribution < -0.4 is 0 Å². The molecule has 0 spiro atoms. The van der Waals surface area contributed by atoms with Crippen molar-refractivity contribution in [2.24, 2.45) is 0 Å². The molecule has 5 unspecified atom stereocenters. The van der Waals surface area contributed by atoms with Gasteiger partial charge in [0.2, 0.25) is 9.04 Å². The SMILES string of the molecule is CCCC1O[SiH](C)C(F)C(F)C1F. The Hall–Kier alpha value is -0.0331. The molecule has 0 saturated carbocycles. The summed E-state index contributed by atoms with van der Waals surface area (Å²) in [5.41, 5.74) is 0. The first-order chi connectivity index (χ1) is 6.07. The minimum Gasteiger partial charge on any atom is -0.411 e. The average Bonchev–Trinajstić information content (AvgIpc) is 2.11. The number of hydrogen-bond acceptors (Lipinski definition) is 1. The lowest BCUT2D eigenvalue weighted by molar-refractivity contribution is -0.0172. The lowest BCUT2D eigenvalue weighted by Crippen LogP contribution is -2.53. The van der Waals surface area contributed by atoms with Crippen LogP contribution in [0, 0.1) is 0 Å². The van der Waals surface area contributed by atoms with Gasteiger partial charge < -0.3 is 4.43 Å². The van der Waals surface area contributed by atoms with Gasteiger partial charge in [-0.2, -0.15) is 0 Å². The predicted molar refractivity (Wildman–Crippen MR) is 47.5 cm³/mol. The molecule has 0 N–H and O–H groups in total. The molecule has 1 heterocycles. The van der Waals surface area contributed by atoms with Crippen molar-refractivity contribution in [2.45, 2.75) is 50.6 Å². The van der Waals surface area contributed by atoms with Gasteiger partial charge in [0.1, 0.15) is 5.79 Å². The molecule has 13 heavy (non-hydrogen) atoms. The van der Waals surface area contributed by atoms with Gasteiger partial charge >= 0.3 is 0 Å². The lowest BCUT2D eigenvalue weighted by atomic mass is 10.1. The fourth-order valence-corrected chi connectivity index (χ4v) is 3.30. The third-order valence-corrected chi connectivity index (χ3v) is 4.42. The van der Waals surface area contributed by atoms with Gasteiger partial charge in [-0.25, -0.2) is 13.2 Å². The minimum absolute atomic E-state index is 0.478. The molecule has 0 amide bonds. The Morgan fingerprint density at radius 1 is 1.23 bits per heavy atom. The number of alkyl halides is 3. The summed E-state index contributed by atoms with van der Waals surface area (Å²) in [6.07, 6.45) is -3.25.